The van der Waals surface area contributed by atoms with Crippen LogP contribution in [-0.2, 0) is 13.0 Å². The third-order valence-corrected chi connectivity index (χ3v) is 5.17. The number of amides is 1. The number of hydrogen-bond acceptors (Lipinski definition) is 3. The van der Waals surface area contributed by atoms with Crippen LogP contribution in [0.25, 0.3) is 16.6 Å². The lowest BCUT2D eigenvalue weighted by molar-refractivity contribution is 0.0943. The molecule has 0 unspecified atom stereocenters. The first kappa shape index (κ1) is 19.6. The van der Waals surface area contributed by atoms with E-state index in [9.17, 15) is 9.59 Å². The van der Waals surface area contributed by atoms with Crippen molar-refractivity contribution >= 4 is 16.8 Å². The van der Waals surface area contributed by atoms with Gasteiger partial charge in [0.05, 0.1) is 16.6 Å². The molecule has 0 radical (unpaired) electrons. The Morgan fingerprint density at radius 2 is 1.60 bits per heavy atom. The van der Waals surface area contributed by atoms with Crippen molar-refractivity contribution in [1.82, 2.24) is 15.1 Å². The van der Waals surface area contributed by atoms with E-state index in [4.69, 9.17) is 0 Å². The summed E-state index contributed by atoms with van der Waals surface area (Å²) >= 11 is 0. The molecule has 5 heteroatoms. The molecule has 1 amide bonds. The lowest BCUT2D eigenvalue weighted by atomic mass is 10.1. The number of hydrogen-bond donors (Lipinski definition) is 1. The van der Waals surface area contributed by atoms with Gasteiger partial charge in [-0.15, -0.1) is 0 Å². The summed E-state index contributed by atoms with van der Waals surface area (Å²) < 4.78 is 1.65. The van der Waals surface area contributed by atoms with Crippen molar-refractivity contribution in [2.75, 3.05) is 0 Å². The normalized spacial score (nSPS) is 10.9. The fourth-order valence-electron chi connectivity index (χ4n) is 3.37. The van der Waals surface area contributed by atoms with Gasteiger partial charge in [-0.2, -0.15) is 5.10 Å². The summed E-state index contributed by atoms with van der Waals surface area (Å²) in [4.78, 5) is 25.8. The number of benzene rings is 3. The zero-order valence-electron chi connectivity index (χ0n) is 17.1. The van der Waals surface area contributed by atoms with Crippen molar-refractivity contribution in [2.45, 2.75) is 26.8 Å². The van der Waals surface area contributed by atoms with E-state index in [1.54, 1.807) is 16.8 Å². The van der Waals surface area contributed by atoms with E-state index in [0.717, 1.165) is 23.2 Å². The van der Waals surface area contributed by atoms with Crippen LogP contribution in [0.4, 0.5) is 0 Å². The number of aromatic nitrogens is 2. The highest BCUT2D eigenvalue weighted by molar-refractivity contribution is 5.95. The maximum Gasteiger partial charge on any atom is 0.276 e. The number of nitrogens with one attached hydrogen (secondary N) is 1. The minimum Gasteiger partial charge on any atom is -0.346 e. The molecule has 0 saturated carbocycles. The Labute approximate surface area is 175 Å². The second-order valence-electron chi connectivity index (χ2n) is 7.29. The number of fused-ring (bicyclic) bond motifs is 1. The quantitative estimate of drug-likeness (QED) is 0.549. The molecule has 1 N–H and O–H groups in total. The van der Waals surface area contributed by atoms with E-state index >= 15 is 0 Å². The van der Waals surface area contributed by atoms with Gasteiger partial charge < -0.3 is 5.32 Å². The molecule has 150 valence electrons. The van der Waals surface area contributed by atoms with Crippen molar-refractivity contribution in [3.05, 3.63) is 105 Å². The minimum absolute atomic E-state index is 0.112. The minimum atomic E-state index is -0.480. The Hall–Kier alpha value is -3.73. The SMILES string of the molecule is CCc1ccc(CNC(=O)c2nn(-c3ccc(C)cc3)c3ccccc3c2=O)cc1. The van der Waals surface area contributed by atoms with Crippen molar-refractivity contribution in [3.8, 4) is 5.69 Å². The average molecular weight is 397 g/mol. The summed E-state index contributed by atoms with van der Waals surface area (Å²) in [6, 6.07) is 23.1. The van der Waals surface area contributed by atoms with Crippen LogP contribution in [0.1, 0.15) is 34.1 Å². The molecule has 1 heterocycles. The molecule has 0 spiro atoms. The lowest BCUT2D eigenvalue weighted by Crippen LogP contribution is -2.31. The topological polar surface area (TPSA) is 64.0 Å². The zero-order chi connectivity index (χ0) is 21.1. The molecule has 0 atom stereocenters. The molecule has 0 fully saturated rings. The molecular formula is C25H23N3O2. The summed E-state index contributed by atoms with van der Waals surface area (Å²) in [5.41, 5.74) is 4.31. The van der Waals surface area contributed by atoms with Crippen LogP contribution in [0.2, 0.25) is 0 Å². The highest BCUT2D eigenvalue weighted by atomic mass is 16.2. The van der Waals surface area contributed by atoms with Crippen LogP contribution >= 0.6 is 0 Å². The number of carbonyl (C=O) groups is 1. The van der Waals surface area contributed by atoms with Gasteiger partial charge in [-0.05, 0) is 48.7 Å². The highest BCUT2D eigenvalue weighted by Gasteiger charge is 2.18. The van der Waals surface area contributed by atoms with Crippen molar-refractivity contribution in [1.29, 1.82) is 0 Å². The Bertz CT molecular complexity index is 1260. The molecule has 1 aromatic heterocycles. The number of para-hydroxylation sites is 1. The lowest BCUT2D eigenvalue weighted by Gasteiger charge is -2.12. The van der Waals surface area contributed by atoms with Crippen LogP contribution in [0.5, 0.6) is 0 Å². The maximum absolute atomic E-state index is 13.0. The average Bonchev–Trinajstić information content (AvgIpc) is 2.79. The standard InChI is InChI=1S/C25H23N3O2/c1-3-18-10-12-19(13-11-18)16-26-25(30)23-24(29)21-6-4-5-7-22(21)28(27-23)20-14-8-17(2)9-15-20/h4-15H,3,16H2,1-2H3,(H,26,30). The fourth-order valence-corrected chi connectivity index (χ4v) is 3.37. The van der Waals surface area contributed by atoms with Gasteiger partial charge in [-0.25, -0.2) is 4.68 Å². The molecule has 3 aromatic carbocycles. The second kappa shape index (κ2) is 8.33. The number of carbonyl (C=O) groups excluding carboxylic acids is 1. The van der Waals surface area contributed by atoms with Gasteiger partial charge >= 0.3 is 0 Å². The number of rotatable bonds is 5. The fraction of sp³-hybridized carbons (Fsp3) is 0.160. The van der Waals surface area contributed by atoms with Crippen molar-refractivity contribution < 1.29 is 4.79 Å². The van der Waals surface area contributed by atoms with Crippen LogP contribution in [0, 0.1) is 6.92 Å². The first-order chi connectivity index (χ1) is 14.6. The van der Waals surface area contributed by atoms with Gasteiger partial charge in [-0.3, -0.25) is 9.59 Å². The molecule has 0 bridgehead atoms. The molecule has 0 saturated heterocycles. The first-order valence-electron chi connectivity index (χ1n) is 10.0. The summed E-state index contributed by atoms with van der Waals surface area (Å²) in [7, 11) is 0. The molecular weight excluding hydrogens is 374 g/mol. The summed E-state index contributed by atoms with van der Waals surface area (Å²) in [6.45, 7) is 4.44. The molecule has 0 aliphatic carbocycles. The predicted octanol–water partition coefficient (Wildman–Crippen LogP) is 4.19. The van der Waals surface area contributed by atoms with E-state index in [0.29, 0.717) is 17.4 Å². The van der Waals surface area contributed by atoms with Crippen LogP contribution in [0.15, 0.2) is 77.6 Å². The number of aryl methyl sites for hydroxylation is 2. The Morgan fingerprint density at radius 1 is 0.933 bits per heavy atom. The Kier molecular flexibility index (Phi) is 5.44. The predicted molar refractivity (Wildman–Crippen MR) is 119 cm³/mol. The second-order valence-corrected chi connectivity index (χ2v) is 7.29. The van der Waals surface area contributed by atoms with Gasteiger partial charge in [-0.1, -0.05) is 61.0 Å². The van der Waals surface area contributed by atoms with Gasteiger partial charge in [0.1, 0.15) is 0 Å². The van der Waals surface area contributed by atoms with Crippen LogP contribution in [0.3, 0.4) is 0 Å². The van der Waals surface area contributed by atoms with Crippen molar-refractivity contribution in [3.63, 3.8) is 0 Å². The monoisotopic (exact) mass is 397 g/mol. The third-order valence-electron chi connectivity index (χ3n) is 5.17. The van der Waals surface area contributed by atoms with E-state index in [1.807, 2.05) is 67.6 Å². The van der Waals surface area contributed by atoms with E-state index in [1.165, 1.54) is 5.56 Å². The largest absolute Gasteiger partial charge is 0.346 e. The van der Waals surface area contributed by atoms with Gasteiger partial charge in [0.15, 0.2) is 5.69 Å². The third kappa shape index (κ3) is 3.87. The molecule has 0 aliphatic heterocycles. The van der Waals surface area contributed by atoms with E-state index in [-0.39, 0.29) is 11.1 Å². The van der Waals surface area contributed by atoms with Crippen LogP contribution in [-0.4, -0.2) is 15.7 Å². The number of nitrogens with zero attached hydrogens (tertiary/aromatic N) is 2. The molecule has 4 aromatic rings. The molecule has 0 aliphatic rings. The highest BCUT2D eigenvalue weighted by Crippen LogP contribution is 2.16. The van der Waals surface area contributed by atoms with E-state index < -0.39 is 5.91 Å². The first-order valence-corrected chi connectivity index (χ1v) is 10.0. The van der Waals surface area contributed by atoms with Gasteiger partial charge in [0, 0.05) is 6.54 Å². The van der Waals surface area contributed by atoms with Crippen molar-refractivity contribution in [2.24, 2.45) is 0 Å². The zero-order valence-corrected chi connectivity index (χ0v) is 17.1. The smallest absolute Gasteiger partial charge is 0.276 e. The van der Waals surface area contributed by atoms with Gasteiger partial charge in [0.25, 0.3) is 5.91 Å². The van der Waals surface area contributed by atoms with Crippen LogP contribution < -0.4 is 10.7 Å². The summed E-state index contributed by atoms with van der Waals surface area (Å²) in [6.07, 6.45) is 0.964. The Balaban J connectivity index is 1.71. The molecule has 4 rings (SSSR count). The molecule has 30 heavy (non-hydrogen) atoms. The maximum atomic E-state index is 13.0. The molecule has 5 nitrogen and oxygen atoms in total. The van der Waals surface area contributed by atoms with Gasteiger partial charge in [0.2, 0.25) is 5.43 Å². The summed E-state index contributed by atoms with van der Waals surface area (Å²) in [5, 5.41) is 7.73. The summed E-state index contributed by atoms with van der Waals surface area (Å²) in [5.74, 6) is -0.480. The van der Waals surface area contributed by atoms with E-state index in [2.05, 4.69) is 17.3 Å². The Morgan fingerprint density at radius 3 is 2.30 bits per heavy atom.